The second-order valence-corrected chi connectivity index (χ2v) is 3.98. The van der Waals surface area contributed by atoms with Gasteiger partial charge in [0.25, 0.3) is 0 Å². The van der Waals surface area contributed by atoms with E-state index in [1.807, 2.05) is 19.1 Å². The summed E-state index contributed by atoms with van der Waals surface area (Å²) in [4.78, 5) is 11.7. The Morgan fingerprint density at radius 3 is 2.50 bits per heavy atom. The van der Waals surface area contributed by atoms with Crippen LogP contribution in [0.5, 0.6) is 5.75 Å². The van der Waals surface area contributed by atoms with Crippen LogP contribution in [0.15, 0.2) is 24.3 Å². The molecule has 1 rings (SSSR count). The lowest BCUT2D eigenvalue weighted by atomic mass is 10.1. The molecule has 0 aliphatic carbocycles. The van der Waals surface area contributed by atoms with Gasteiger partial charge in [-0.05, 0) is 37.6 Å². The number of hydrogen-bond acceptors (Lipinski definition) is 3. The van der Waals surface area contributed by atoms with Crippen molar-refractivity contribution in [3.8, 4) is 5.75 Å². The van der Waals surface area contributed by atoms with E-state index in [2.05, 4.69) is 6.92 Å². The minimum atomic E-state index is -0.0940. The summed E-state index contributed by atoms with van der Waals surface area (Å²) in [5.74, 6) is 0.885. The summed E-state index contributed by atoms with van der Waals surface area (Å²) in [6.07, 6.45) is 1.36. The lowest BCUT2D eigenvalue weighted by Crippen LogP contribution is -2.19. The number of carbonyl (C=O) groups is 1. The molecule has 0 aromatic heterocycles. The van der Waals surface area contributed by atoms with Gasteiger partial charge in [0, 0.05) is 18.0 Å². The highest BCUT2D eigenvalue weighted by Crippen LogP contribution is 2.14. The van der Waals surface area contributed by atoms with E-state index in [0.717, 1.165) is 12.2 Å². The van der Waals surface area contributed by atoms with Crippen LogP contribution in [-0.4, -0.2) is 18.4 Å². The summed E-state index contributed by atoms with van der Waals surface area (Å²) in [5.41, 5.74) is 6.28. The molecular weight excluding hydrogens is 202 g/mol. The van der Waals surface area contributed by atoms with E-state index in [-0.39, 0.29) is 11.8 Å². The highest BCUT2D eigenvalue weighted by molar-refractivity contribution is 5.96. The SMILES string of the molecule is CCCOc1ccc(C(=O)CC(C)N)cc1. The zero-order valence-electron chi connectivity index (χ0n) is 9.90. The van der Waals surface area contributed by atoms with Gasteiger partial charge in [-0.2, -0.15) is 0 Å². The molecule has 2 N–H and O–H groups in total. The Kier molecular flexibility index (Phi) is 4.99. The molecule has 16 heavy (non-hydrogen) atoms. The maximum absolute atomic E-state index is 11.7. The number of nitrogens with two attached hydrogens (primary N) is 1. The van der Waals surface area contributed by atoms with Gasteiger partial charge < -0.3 is 10.5 Å². The van der Waals surface area contributed by atoms with Gasteiger partial charge >= 0.3 is 0 Å². The third kappa shape index (κ3) is 4.03. The van der Waals surface area contributed by atoms with Crippen molar-refractivity contribution in [1.82, 2.24) is 0 Å². The first-order valence-corrected chi connectivity index (χ1v) is 5.65. The van der Waals surface area contributed by atoms with Gasteiger partial charge in [-0.25, -0.2) is 0 Å². The van der Waals surface area contributed by atoms with Crippen LogP contribution in [0.2, 0.25) is 0 Å². The van der Waals surface area contributed by atoms with Gasteiger partial charge in [0.2, 0.25) is 0 Å². The van der Waals surface area contributed by atoms with E-state index in [1.165, 1.54) is 0 Å². The molecule has 3 nitrogen and oxygen atoms in total. The first kappa shape index (κ1) is 12.7. The third-order valence-corrected chi connectivity index (χ3v) is 2.16. The second-order valence-electron chi connectivity index (χ2n) is 3.98. The fourth-order valence-electron chi connectivity index (χ4n) is 1.37. The molecule has 1 aromatic rings. The highest BCUT2D eigenvalue weighted by Gasteiger charge is 2.08. The van der Waals surface area contributed by atoms with Crippen molar-refractivity contribution in [2.45, 2.75) is 32.7 Å². The molecule has 3 heteroatoms. The van der Waals surface area contributed by atoms with E-state index in [0.29, 0.717) is 18.6 Å². The second kappa shape index (κ2) is 6.28. The van der Waals surface area contributed by atoms with Crippen molar-refractivity contribution < 1.29 is 9.53 Å². The average Bonchev–Trinajstić information content (AvgIpc) is 2.26. The van der Waals surface area contributed by atoms with Crippen LogP contribution >= 0.6 is 0 Å². The van der Waals surface area contributed by atoms with Crippen molar-refractivity contribution in [3.05, 3.63) is 29.8 Å². The monoisotopic (exact) mass is 221 g/mol. The fraction of sp³-hybridized carbons (Fsp3) is 0.462. The summed E-state index contributed by atoms with van der Waals surface area (Å²) >= 11 is 0. The molecule has 1 aromatic carbocycles. The normalized spacial score (nSPS) is 12.2. The molecule has 0 spiro atoms. The van der Waals surface area contributed by atoms with Crippen molar-refractivity contribution in [2.24, 2.45) is 5.73 Å². The summed E-state index contributed by atoms with van der Waals surface area (Å²) in [5, 5.41) is 0. The smallest absolute Gasteiger partial charge is 0.164 e. The minimum Gasteiger partial charge on any atom is -0.494 e. The van der Waals surface area contributed by atoms with E-state index in [9.17, 15) is 4.79 Å². The Bertz CT molecular complexity index is 330. The van der Waals surface area contributed by atoms with Crippen LogP contribution < -0.4 is 10.5 Å². The fourth-order valence-corrected chi connectivity index (χ4v) is 1.37. The molecule has 0 heterocycles. The van der Waals surface area contributed by atoms with E-state index in [1.54, 1.807) is 12.1 Å². The standard InChI is InChI=1S/C13H19NO2/c1-3-8-16-12-6-4-11(5-7-12)13(15)9-10(2)14/h4-7,10H,3,8-9,14H2,1-2H3. The number of Topliss-reactive ketones (excluding diaryl/α,β-unsaturated/α-hetero) is 1. The molecule has 0 radical (unpaired) electrons. The number of benzene rings is 1. The van der Waals surface area contributed by atoms with Gasteiger partial charge in [-0.3, -0.25) is 4.79 Å². The molecule has 0 aliphatic rings. The maximum Gasteiger partial charge on any atom is 0.164 e. The number of hydrogen-bond donors (Lipinski definition) is 1. The number of rotatable bonds is 6. The Labute approximate surface area is 96.6 Å². The van der Waals surface area contributed by atoms with E-state index in [4.69, 9.17) is 10.5 Å². The van der Waals surface area contributed by atoms with Crippen LogP contribution in [0.25, 0.3) is 0 Å². The molecule has 88 valence electrons. The van der Waals surface area contributed by atoms with Crippen molar-refractivity contribution in [1.29, 1.82) is 0 Å². The molecule has 0 amide bonds. The lowest BCUT2D eigenvalue weighted by molar-refractivity contribution is 0.0976. The van der Waals surface area contributed by atoms with Crippen LogP contribution in [0.1, 0.15) is 37.0 Å². The summed E-state index contributed by atoms with van der Waals surface area (Å²) < 4.78 is 5.43. The van der Waals surface area contributed by atoms with Gasteiger partial charge in [0.05, 0.1) is 6.61 Å². The molecule has 0 saturated carbocycles. The molecule has 0 bridgehead atoms. The van der Waals surface area contributed by atoms with Gasteiger partial charge in [-0.15, -0.1) is 0 Å². The van der Waals surface area contributed by atoms with Crippen LogP contribution in [-0.2, 0) is 0 Å². The quantitative estimate of drug-likeness (QED) is 0.750. The van der Waals surface area contributed by atoms with Crippen molar-refractivity contribution in [3.63, 3.8) is 0 Å². The average molecular weight is 221 g/mol. The van der Waals surface area contributed by atoms with Gasteiger partial charge in [0.1, 0.15) is 5.75 Å². The Morgan fingerprint density at radius 2 is 2.00 bits per heavy atom. The van der Waals surface area contributed by atoms with Crippen molar-refractivity contribution >= 4 is 5.78 Å². The van der Waals surface area contributed by atoms with E-state index < -0.39 is 0 Å². The third-order valence-electron chi connectivity index (χ3n) is 2.16. The molecule has 0 saturated heterocycles. The van der Waals surface area contributed by atoms with Crippen LogP contribution in [0.3, 0.4) is 0 Å². The summed E-state index contributed by atoms with van der Waals surface area (Å²) in [6, 6.07) is 7.13. The van der Waals surface area contributed by atoms with Crippen molar-refractivity contribution in [2.75, 3.05) is 6.61 Å². The van der Waals surface area contributed by atoms with Gasteiger partial charge in [-0.1, -0.05) is 6.92 Å². The molecule has 1 unspecified atom stereocenters. The number of carbonyl (C=O) groups excluding carboxylic acids is 1. The topological polar surface area (TPSA) is 52.3 Å². The number of ketones is 1. The summed E-state index contributed by atoms with van der Waals surface area (Å²) in [7, 11) is 0. The molecule has 1 atom stereocenters. The highest BCUT2D eigenvalue weighted by atomic mass is 16.5. The van der Waals surface area contributed by atoms with Gasteiger partial charge in [0.15, 0.2) is 5.78 Å². The molecule has 0 fully saturated rings. The Balaban J connectivity index is 2.60. The van der Waals surface area contributed by atoms with Crippen LogP contribution in [0.4, 0.5) is 0 Å². The predicted molar refractivity (Wildman–Crippen MR) is 64.8 cm³/mol. The molecular formula is C13H19NO2. The summed E-state index contributed by atoms with van der Waals surface area (Å²) in [6.45, 7) is 4.59. The first-order chi connectivity index (χ1) is 7.63. The maximum atomic E-state index is 11.7. The Hall–Kier alpha value is -1.35. The zero-order valence-corrected chi connectivity index (χ0v) is 9.90. The minimum absolute atomic E-state index is 0.0806. The predicted octanol–water partition coefficient (Wildman–Crippen LogP) is 2.40. The van der Waals surface area contributed by atoms with E-state index >= 15 is 0 Å². The van der Waals surface area contributed by atoms with Crippen LogP contribution in [0, 0.1) is 0 Å². The lowest BCUT2D eigenvalue weighted by Gasteiger charge is -2.06. The largest absolute Gasteiger partial charge is 0.494 e. The Morgan fingerprint density at radius 1 is 1.38 bits per heavy atom. The molecule has 0 aliphatic heterocycles. The number of ether oxygens (including phenoxy) is 1. The first-order valence-electron chi connectivity index (χ1n) is 5.65. The zero-order chi connectivity index (χ0) is 12.0.